The van der Waals surface area contributed by atoms with Crippen LogP contribution in [0.4, 0.5) is 0 Å². The summed E-state index contributed by atoms with van der Waals surface area (Å²) in [4.78, 5) is 12.5. The second-order valence-electron chi connectivity index (χ2n) is 4.65. The summed E-state index contributed by atoms with van der Waals surface area (Å²) in [6, 6.07) is -0.896. The SMILES string of the molecule is CC(C)C(C(=O)O)N(CC(O)CO)CC(O)CO.[H-].[Li+]. The van der Waals surface area contributed by atoms with Crippen molar-refractivity contribution in [2.45, 2.75) is 32.1 Å². The molecule has 0 saturated carbocycles. The number of carboxylic acid groups (broad SMARTS) is 1. The van der Waals surface area contributed by atoms with Crippen LogP contribution < -0.4 is 18.9 Å². The van der Waals surface area contributed by atoms with Gasteiger partial charge in [0.05, 0.1) is 25.4 Å². The van der Waals surface area contributed by atoms with E-state index in [1.54, 1.807) is 13.8 Å². The molecule has 0 aliphatic rings. The second-order valence-corrected chi connectivity index (χ2v) is 4.65. The Balaban J connectivity index is -0.00000144. The zero-order valence-corrected chi connectivity index (χ0v) is 11.7. The summed E-state index contributed by atoms with van der Waals surface area (Å²) in [5.41, 5.74) is 0. The molecule has 0 aliphatic carbocycles. The fourth-order valence-corrected chi connectivity index (χ4v) is 1.82. The van der Waals surface area contributed by atoms with Crippen molar-refractivity contribution in [2.75, 3.05) is 26.3 Å². The summed E-state index contributed by atoms with van der Waals surface area (Å²) in [6.07, 6.45) is -2.17. The molecule has 0 aromatic heterocycles. The molecule has 110 valence electrons. The quantitative estimate of drug-likeness (QED) is 0.267. The van der Waals surface area contributed by atoms with Crippen molar-refractivity contribution in [3.05, 3.63) is 0 Å². The van der Waals surface area contributed by atoms with E-state index in [0.29, 0.717) is 0 Å². The molecule has 7 nitrogen and oxygen atoms in total. The molecule has 3 atom stereocenters. The molecule has 0 heterocycles. The van der Waals surface area contributed by atoms with E-state index in [1.165, 1.54) is 4.90 Å². The first-order valence-electron chi connectivity index (χ1n) is 5.88. The van der Waals surface area contributed by atoms with Gasteiger partial charge in [-0.25, -0.2) is 0 Å². The van der Waals surface area contributed by atoms with Crippen LogP contribution >= 0.6 is 0 Å². The van der Waals surface area contributed by atoms with Crippen LogP contribution in [0.1, 0.15) is 15.3 Å². The Kier molecular flexibility index (Phi) is 11.8. The molecule has 0 aliphatic heterocycles. The van der Waals surface area contributed by atoms with Crippen molar-refractivity contribution in [1.29, 1.82) is 0 Å². The van der Waals surface area contributed by atoms with Crippen LogP contribution in [0.5, 0.6) is 0 Å². The molecule has 0 bridgehead atoms. The van der Waals surface area contributed by atoms with Crippen molar-refractivity contribution < 1.29 is 50.6 Å². The van der Waals surface area contributed by atoms with E-state index in [4.69, 9.17) is 15.3 Å². The molecule has 0 radical (unpaired) electrons. The first kappa shape index (κ1) is 21.2. The van der Waals surface area contributed by atoms with Gasteiger partial charge < -0.3 is 27.0 Å². The molecule has 0 aromatic carbocycles. The van der Waals surface area contributed by atoms with Gasteiger partial charge in [0.15, 0.2) is 0 Å². The zero-order valence-electron chi connectivity index (χ0n) is 12.7. The Hall–Kier alpha value is -0.133. The number of aliphatic hydroxyl groups excluding tert-OH is 4. The predicted octanol–water partition coefficient (Wildman–Crippen LogP) is -4.78. The van der Waals surface area contributed by atoms with Crippen LogP contribution in [0.25, 0.3) is 0 Å². The van der Waals surface area contributed by atoms with Gasteiger partial charge in [-0.2, -0.15) is 0 Å². The molecule has 5 N–H and O–H groups in total. The van der Waals surface area contributed by atoms with E-state index in [-0.39, 0.29) is 39.3 Å². The van der Waals surface area contributed by atoms with Gasteiger partial charge in [-0.05, 0) is 5.92 Å². The Morgan fingerprint density at radius 3 is 1.68 bits per heavy atom. The summed E-state index contributed by atoms with van der Waals surface area (Å²) in [7, 11) is 0. The Morgan fingerprint density at radius 2 is 1.47 bits per heavy atom. The summed E-state index contributed by atoms with van der Waals surface area (Å²) in [5.74, 6) is -1.31. The molecule has 0 saturated heterocycles. The number of carboxylic acids is 1. The minimum absolute atomic E-state index is 0. The number of hydrogen-bond donors (Lipinski definition) is 5. The van der Waals surface area contributed by atoms with Crippen LogP contribution in [-0.2, 0) is 4.79 Å². The summed E-state index contributed by atoms with van der Waals surface area (Å²) in [6.45, 7) is 2.28. The summed E-state index contributed by atoms with van der Waals surface area (Å²) >= 11 is 0. The second kappa shape index (κ2) is 10.6. The molecule has 0 amide bonds. The monoisotopic (exact) mass is 273 g/mol. The van der Waals surface area contributed by atoms with Gasteiger partial charge >= 0.3 is 24.8 Å². The molecule has 3 unspecified atom stereocenters. The van der Waals surface area contributed by atoms with Crippen LogP contribution in [-0.4, -0.2) is 81.0 Å². The molecular formula is C11H24LiNO6. The van der Waals surface area contributed by atoms with E-state index in [1.807, 2.05) is 0 Å². The van der Waals surface area contributed by atoms with Crippen LogP contribution in [0, 0.1) is 5.92 Å². The largest absolute Gasteiger partial charge is 1.00 e. The summed E-state index contributed by atoms with van der Waals surface area (Å²) < 4.78 is 0. The van der Waals surface area contributed by atoms with E-state index in [2.05, 4.69) is 0 Å². The van der Waals surface area contributed by atoms with E-state index in [9.17, 15) is 15.0 Å². The molecular weight excluding hydrogens is 249 g/mol. The van der Waals surface area contributed by atoms with Crippen LogP contribution in [0.15, 0.2) is 0 Å². The van der Waals surface area contributed by atoms with Gasteiger partial charge in [-0.15, -0.1) is 0 Å². The van der Waals surface area contributed by atoms with E-state index in [0.717, 1.165) is 0 Å². The maximum absolute atomic E-state index is 11.2. The van der Waals surface area contributed by atoms with Crippen molar-refractivity contribution in [1.82, 2.24) is 4.90 Å². The molecule has 19 heavy (non-hydrogen) atoms. The number of carbonyl (C=O) groups is 1. The molecule has 0 spiro atoms. The third-order valence-electron chi connectivity index (χ3n) is 2.59. The van der Waals surface area contributed by atoms with Crippen LogP contribution in [0.2, 0.25) is 0 Å². The molecule has 0 aromatic rings. The number of aliphatic hydroxyl groups is 4. The number of nitrogens with zero attached hydrogens (tertiary/aromatic N) is 1. The van der Waals surface area contributed by atoms with Crippen molar-refractivity contribution >= 4 is 5.97 Å². The number of hydrogen-bond acceptors (Lipinski definition) is 6. The third kappa shape index (κ3) is 7.90. The molecule has 8 heteroatoms. The minimum atomic E-state index is -1.09. The number of aliphatic carboxylic acids is 1. The Bertz CT molecular complexity index is 247. The van der Waals surface area contributed by atoms with Crippen molar-refractivity contribution in [3.8, 4) is 0 Å². The minimum Gasteiger partial charge on any atom is -1.00 e. The van der Waals surface area contributed by atoms with Crippen LogP contribution in [0.3, 0.4) is 0 Å². The first-order chi connectivity index (χ1) is 8.33. The topological polar surface area (TPSA) is 121 Å². The third-order valence-corrected chi connectivity index (χ3v) is 2.59. The first-order valence-corrected chi connectivity index (χ1v) is 5.88. The Morgan fingerprint density at radius 1 is 1.11 bits per heavy atom. The van der Waals surface area contributed by atoms with Gasteiger partial charge in [0, 0.05) is 13.1 Å². The molecule has 0 rings (SSSR count). The van der Waals surface area contributed by atoms with Crippen molar-refractivity contribution in [3.63, 3.8) is 0 Å². The van der Waals surface area contributed by atoms with Crippen molar-refractivity contribution in [2.24, 2.45) is 5.92 Å². The van der Waals surface area contributed by atoms with Gasteiger partial charge in [0.25, 0.3) is 0 Å². The maximum Gasteiger partial charge on any atom is 1.00 e. The van der Waals surface area contributed by atoms with Gasteiger partial charge in [0.1, 0.15) is 6.04 Å². The zero-order chi connectivity index (χ0) is 14.3. The van der Waals surface area contributed by atoms with Gasteiger partial charge in [0.2, 0.25) is 0 Å². The van der Waals surface area contributed by atoms with E-state index < -0.39 is 37.4 Å². The predicted molar refractivity (Wildman–Crippen MR) is 65.1 cm³/mol. The standard InChI is InChI=1S/C11H23NO6.Li.H/c1-7(2)10(11(17)18)12(3-8(15)5-13)4-9(16)6-14;;/h7-10,13-16H,3-6H2,1-2H3,(H,17,18);;/q;+1;-1. The fourth-order valence-electron chi connectivity index (χ4n) is 1.82. The normalized spacial score (nSPS) is 16.0. The molecule has 0 fully saturated rings. The maximum atomic E-state index is 11.2. The van der Waals surface area contributed by atoms with Gasteiger partial charge in [-0.1, -0.05) is 13.8 Å². The summed E-state index contributed by atoms with van der Waals surface area (Å²) in [5, 5.41) is 45.5. The average Bonchev–Trinajstić information content (AvgIpc) is 2.27. The fraction of sp³-hybridized carbons (Fsp3) is 0.909. The average molecular weight is 273 g/mol. The van der Waals surface area contributed by atoms with E-state index >= 15 is 0 Å². The van der Waals surface area contributed by atoms with Gasteiger partial charge in [-0.3, -0.25) is 9.69 Å². The Labute approximate surface area is 126 Å². The number of rotatable bonds is 9. The smallest absolute Gasteiger partial charge is 1.00 e.